The third-order valence-corrected chi connectivity index (χ3v) is 4.81. The quantitative estimate of drug-likeness (QED) is 0.553. The molecule has 0 atom stereocenters. The average Bonchev–Trinajstić information content (AvgIpc) is 3.03. The minimum Gasteiger partial charge on any atom is -0.322 e. The number of hydrogen-bond acceptors (Lipinski definition) is 3. The summed E-state index contributed by atoms with van der Waals surface area (Å²) >= 11 is 0. The van der Waals surface area contributed by atoms with Crippen LogP contribution in [0.1, 0.15) is 32.0 Å². The van der Waals surface area contributed by atoms with Gasteiger partial charge in [-0.15, -0.1) is 0 Å². The van der Waals surface area contributed by atoms with Gasteiger partial charge < -0.3 is 5.32 Å². The van der Waals surface area contributed by atoms with E-state index in [2.05, 4.69) is 10.3 Å². The average molecular weight is 387 g/mol. The van der Waals surface area contributed by atoms with Crippen LogP contribution in [0.25, 0.3) is 10.9 Å². The standard InChI is InChI=1S/C23H18FN3O2/c1-14-5-3-7-19(24)21(14)23(29)27-15(2)11-17-12-18(8-9-20(17)27)26-22(28)16-6-4-10-25-13-16/h3-13H,1-2H3,(H,26,28). The summed E-state index contributed by atoms with van der Waals surface area (Å²) in [7, 11) is 0. The second kappa shape index (κ2) is 7.31. The molecule has 0 aliphatic heterocycles. The number of anilines is 1. The van der Waals surface area contributed by atoms with E-state index in [1.54, 1.807) is 62.5 Å². The zero-order valence-corrected chi connectivity index (χ0v) is 15.9. The molecule has 0 bridgehead atoms. The molecule has 2 heterocycles. The summed E-state index contributed by atoms with van der Waals surface area (Å²) in [6.07, 6.45) is 3.09. The molecule has 5 nitrogen and oxygen atoms in total. The molecule has 0 fully saturated rings. The fraction of sp³-hybridized carbons (Fsp3) is 0.0870. The highest BCUT2D eigenvalue weighted by molar-refractivity contribution is 6.07. The van der Waals surface area contributed by atoms with Gasteiger partial charge in [-0.25, -0.2) is 4.39 Å². The molecule has 0 unspecified atom stereocenters. The van der Waals surface area contributed by atoms with Crippen molar-refractivity contribution in [2.45, 2.75) is 13.8 Å². The topological polar surface area (TPSA) is 64.0 Å². The Bertz CT molecular complexity index is 1230. The molecule has 4 rings (SSSR count). The van der Waals surface area contributed by atoms with Crippen molar-refractivity contribution in [1.82, 2.24) is 9.55 Å². The summed E-state index contributed by atoms with van der Waals surface area (Å²) in [6.45, 7) is 3.51. The number of aryl methyl sites for hydroxylation is 2. The Balaban J connectivity index is 1.70. The van der Waals surface area contributed by atoms with Crippen LogP contribution in [0.15, 0.2) is 67.0 Å². The molecule has 1 N–H and O–H groups in total. The lowest BCUT2D eigenvalue weighted by Crippen LogP contribution is -2.16. The van der Waals surface area contributed by atoms with Crippen LogP contribution in [0.2, 0.25) is 0 Å². The second-order valence-electron chi connectivity index (χ2n) is 6.83. The molecular weight excluding hydrogens is 369 g/mol. The van der Waals surface area contributed by atoms with E-state index >= 15 is 0 Å². The first-order valence-corrected chi connectivity index (χ1v) is 9.09. The Morgan fingerprint density at radius 3 is 2.59 bits per heavy atom. The zero-order chi connectivity index (χ0) is 20.5. The number of nitrogens with one attached hydrogen (secondary N) is 1. The van der Waals surface area contributed by atoms with E-state index in [1.807, 2.05) is 6.07 Å². The number of carbonyl (C=O) groups is 2. The summed E-state index contributed by atoms with van der Waals surface area (Å²) < 4.78 is 15.8. The highest BCUT2D eigenvalue weighted by Gasteiger charge is 2.20. The number of carbonyl (C=O) groups excluding carboxylic acids is 2. The summed E-state index contributed by atoms with van der Waals surface area (Å²) in [5, 5.41) is 3.60. The number of amides is 1. The molecule has 0 saturated heterocycles. The molecule has 0 saturated carbocycles. The van der Waals surface area contributed by atoms with Crippen LogP contribution in [0.3, 0.4) is 0 Å². The van der Waals surface area contributed by atoms with Gasteiger partial charge in [0, 0.05) is 29.2 Å². The van der Waals surface area contributed by atoms with Crippen molar-refractivity contribution in [1.29, 1.82) is 0 Å². The number of nitrogens with zero attached hydrogens (tertiary/aromatic N) is 2. The number of halogens is 1. The van der Waals surface area contributed by atoms with Gasteiger partial charge >= 0.3 is 0 Å². The van der Waals surface area contributed by atoms with Crippen LogP contribution >= 0.6 is 0 Å². The molecule has 0 aliphatic rings. The first-order chi connectivity index (χ1) is 14.0. The molecule has 0 spiro atoms. The molecular formula is C23H18FN3O2. The number of pyridine rings is 1. The number of hydrogen-bond donors (Lipinski definition) is 1. The van der Waals surface area contributed by atoms with Crippen molar-refractivity contribution >= 4 is 28.4 Å². The van der Waals surface area contributed by atoms with Gasteiger partial charge in [0.1, 0.15) is 5.82 Å². The smallest absolute Gasteiger partial charge is 0.265 e. The third-order valence-electron chi connectivity index (χ3n) is 4.81. The zero-order valence-electron chi connectivity index (χ0n) is 15.9. The van der Waals surface area contributed by atoms with Gasteiger partial charge in [0.15, 0.2) is 0 Å². The Kier molecular flexibility index (Phi) is 4.68. The van der Waals surface area contributed by atoms with Crippen LogP contribution in [0.5, 0.6) is 0 Å². The second-order valence-corrected chi connectivity index (χ2v) is 6.83. The molecule has 2 aromatic carbocycles. The Hall–Kier alpha value is -3.80. The van der Waals surface area contributed by atoms with Crippen LogP contribution in [-0.2, 0) is 0 Å². The van der Waals surface area contributed by atoms with Crippen molar-refractivity contribution in [3.05, 3.63) is 95.2 Å². The van der Waals surface area contributed by atoms with Crippen molar-refractivity contribution in [2.24, 2.45) is 0 Å². The molecule has 0 radical (unpaired) electrons. The van der Waals surface area contributed by atoms with Crippen LogP contribution in [-0.4, -0.2) is 21.4 Å². The van der Waals surface area contributed by atoms with E-state index in [4.69, 9.17) is 0 Å². The molecule has 29 heavy (non-hydrogen) atoms. The number of benzene rings is 2. The van der Waals surface area contributed by atoms with Crippen molar-refractivity contribution < 1.29 is 14.0 Å². The van der Waals surface area contributed by atoms with E-state index in [1.165, 1.54) is 16.8 Å². The maximum atomic E-state index is 14.3. The van der Waals surface area contributed by atoms with Crippen molar-refractivity contribution in [3.8, 4) is 0 Å². The van der Waals surface area contributed by atoms with Crippen LogP contribution in [0, 0.1) is 19.7 Å². The van der Waals surface area contributed by atoms with E-state index in [0.29, 0.717) is 28.0 Å². The van der Waals surface area contributed by atoms with E-state index < -0.39 is 11.7 Å². The van der Waals surface area contributed by atoms with Gasteiger partial charge in [-0.05, 0) is 61.9 Å². The maximum absolute atomic E-state index is 14.3. The Morgan fingerprint density at radius 2 is 1.86 bits per heavy atom. The Morgan fingerprint density at radius 1 is 1.03 bits per heavy atom. The van der Waals surface area contributed by atoms with Crippen molar-refractivity contribution in [3.63, 3.8) is 0 Å². The predicted molar refractivity (Wildman–Crippen MR) is 110 cm³/mol. The number of aromatic nitrogens is 2. The minimum absolute atomic E-state index is 0.0575. The van der Waals surface area contributed by atoms with E-state index in [0.717, 1.165) is 5.39 Å². The normalized spacial score (nSPS) is 10.9. The Labute approximate surface area is 166 Å². The summed E-state index contributed by atoms with van der Waals surface area (Å²) in [5.41, 5.74) is 3.01. The summed E-state index contributed by atoms with van der Waals surface area (Å²) in [6, 6.07) is 15.0. The first kappa shape index (κ1) is 18.6. The van der Waals surface area contributed by atoms with E-state index in [9.17, 15) is 14.0 Å². The van der Waals surface area contributed by atoms with Gasteiger partial charge in [-0.2, -0.15) is 0 Å². The highest BCUT2D eigenvalue weighted by atomic mass is 19.1. The van der Waals surface area contributed by atoms with Gasteiger partial charge in [0.25, 0.3) is 11.8 Å². The van der Waals surface area contributed by atoms with Gasteiger partial charge in [-0.1, -0.05) is 12.1 Å². The maximum Gasteiger partial charge on any atom is 0.265 e. The van der Waals surface area contributed by atoms with Gasteiger partial charge in [-0.3, -0.25) is 19.1 Å². The largest absolute Gasteiger partial charge is 0.322 e. The third kappa shape index (κ3) is 3.40. The van der Waals surface area contributed by atoms with E-state index in [-0.39, 0.29) is 11.5 Å². The molecule has 6 heteroatoms. The lowest BCUT2D eigenvalue weighted by Gasteiger charge is -2.11. The van der Waals surface area contributed by atoms with Crippen molar-refractivity contribution in [2.75, 3.05) is 5.32 Å². The lowest BCUT2D eigenvalue weighted by molar-refractivity contribution is 0.0957. The van der Waals surface area contributed by atoms with Crippen LogP contribution < -0.4 is 5.32 Å². The molecule has 1 amide bonds. The fourth-order valence-electron chi connectivity index (χ4n) is 3.42. The number of fused-ring (bicyclic) bond motifs is 1. The predicted octanol–water partition coefficient (Wildman–Crippen LogP) is 4.73. The molecule has 144 valence electrons. The molecule has 0 aliphatic carbocycles. The monoisotopic (exact) mass is 387 g/mol. The van der Waals surface area contributed by atoms with Gasteiger partial charge in [0.2, 0.25) is 0 Å². The number of rotatable bonds is 3. The fourth-order valence-corrected chi connectivity index (χ4v) is 3.42. The van der Waals surface area contributed by atoms with Crippen LogP contribution in [0.4, 0.5) is 10.1 Å². The minimum atomic E-state index is -0.545. The lowest BCUT2D eigenvalue weighted by atomic mass is 10.1. The highest BCUT2D eigenvalue weighted by Crippen LogP contribution is 2.26. The van der Waals surface area contributed by atoms with Gasteiger partial charge in [0.05, 0.1) is 16.6 Å². The summed E-state index contributed by atoms with van der Waals surface area (Å²) in [5.74, 6) is -1.23. The molecule has 4 aromatic rings. The SMILES string of the molecule is Cc1cccc(F)c1C(=O)n1c(C)cc2cc(NC(=O)c3cccnc3)ccc21. The molecule has 2 aromatic heterocycles. The first-order valence-electron chi connectivity index (χ1n) is 9.09. The summed E-state index contributed by atoms with van der Waals surface area (Å²) in [4.78, 5) is 29.4.